The van der Waals surface area contributed by atoms with Gasteiger partial charge in [0.2, 0.25) is 0 Å². The average Bonchev–Trinajstić information content (AvgIpc) is 2.94. The van der Waals surface area contributed by atoms with E-state index < -0.39 is 0 Å². The van der Waals surface area contributed by atoms with Gasteiger partial charge in [-0.25, -0.2) is 0 Å². The molecule has 22 heavy (non-hydrogen) atoms. The molecule has 6 nitrogen and oxygen atoms in total. The van der Waals surface area contributed by atoms with Crippen LogP contribution in [0.2, 0.25) is 0 Å². The van der Waals surface area contributed by atoms with Crippen molar-refractivity contribution in [3.05, 3.63) is 35.7 Å². The van der Waals surface area contributed by atoms with Gasteiger partial charge < -0.3 is 9.47 Å². The molecule has 0 aliphatic carbocycles. The summed E-state index contributed by atoms with van der Waals surface area (Å²) >= 11 is 0. The number of hydrogen-bond donors (Lipinski definition) is 1. The predicted molar refractivity (Wildman–Crippen MR) is 83.1 cm³/mol. The van der Waals surface area contributed by atoms with Crippen molar-refractivity contribution in [3.63, 3.8) is 0 Å². The second-order valence-electron chi connectivity index (χ2n) is 6.26. The monoisotopic (exact) mass is 302 g/mol. The topological polar surface area (TPSA) is 63.3 Å². The van der Waals surface area contributed by atoms with Crippen LogP contribution in [0.3, 0.4) is 0 Å². The summed E-state index contributed by atoms with van der Waals surface area (Å²) in [5.41, 5.74) is 1.92. The number of ether oxygens (including phenoxy) is 2. The van der Waals surface area contributed by atoms with Crippen molar-refractivity contribution in [3.8, 4) is 11.5 Å². The molecule has 0 amide bonds. The van der Waals surface area contributed by atoms with Crippen molar-refractivity contribution >= 4 is 0 Å². The molecule has 0 unspecified atom stereocenters. The molecule has 0 spiro atoms. The molecule has 1 aromatic heterocycles. The van der Waals surface area contributed by atoms with Gasteiger partial charge in [-0.1, -0.05) is 6.07 Å². The normalized spacial score (nSPS) is 17.4. The first-order valence-electron chi connectivity index (χ1n) is 7.49. The lowest BCUT2D eigenvalue weighted by Crippen LogP contribution is -2.41. The molecular weight excluding hydrogens is 280 g/mol. The van der Waals surface area contributed by atoms with Gasteiger partial charge in [0.05, 0.1) is 19.0 Å². The molecule has 0 radical (unpaired) electrons. The maximum Gasteiger partial charge on any atom is 0.128 e. The molecule has 1 aliphatic rings. The van der Waals surface area contributed by atoms with E-state index in [2.05, 4.69) is 40.2 Å². The van der Waals surface area contributed by atoms with Gasteiger partial charge >= 0.3 is 0 Å². The van der Waals surface area contributed by atoms with Crippen LogP contribution in [0.1, 0.15) is 25.1 Å². The number of methoxy groups -OCH3 is 1. The lowest BCUT2D eigenvalue weighted by Gasteiger charge is -2.29. The molecule has 6 heteroatoms. The van der Waals surface area contributed by atoms with E-state index in [0.29, 0.717) is 0 Å². The first-order valence-corrected chi connectivity index (χ1v) is 7.49. The van der Waals surface area contributed by atoms with Gasteiger partial charge in [0, 0.05) is 37.7 Å². The third kappa shape index (κ3) is 3.39. The molecule has 3 rings (SSSR count). The molecular formula is C16H22N4O2. The lowest BCUT2D eigenvalue weighted by molar-refractivity contribution is 0.0713. The molecule has 0 bridgehead atoms. The summed E-state index contributed by atoms with van der Waals surface area (Å²) in [6.45, 7) is 6.88. The highest BCUT2D eigenvalue weighted by Crippen LogP contribution is 2.32. The van der Waals surface area contributed by atoms with Crippen LogP contribution in [-0.4, -0.2) is 46.1 Å². The van der Waals surface area contributed by atoms with E-state index in [4.69, 9.17) is 9.47 Å². The van der Waals surface area contributed by atoms with Gasteiger partial charge in [-0.3, -0.25) is 4.90 Å². The van der Waals surface area contributed by atoms with Crippen molar-refractivity contribution in [2.45, 2.75) is 32.4 Å². The summed E-state index contributed by atoms with van der Waals surface area (Å²) < 4.78 is 11.5. The van der Waals surface area contributed by atoms with Crippen LogP contribution in [0.15, 0.2) is 24.4 Å². The van der Waals surface area contributed by atoms with E-state index in [0.717, 1.165) is 43.2 Å². The minimum atomic E-state index is -0.249. The molecule has 1 aromatic carbocycles. The van der Waals surface area contributed by atoms with Crippen molar-refractivity contribution in [1.29, 1.82) is 0 Å². The van der Waals surface area contributed by atoms with Crippen molar-refractivity contribution in [2.75, 3.05) is 20.2 Å². The van der Waals surface area contributed by atoms with Gasteiger partial charge in [0.25, 0.3) is 0 Å². The zero-order valence-electron chi connectivity index (χ0n) is 13.3. The molecule has 0 atom stereocenters. The van der Waals surface area contributed by atoms with Gasteiger partial charge in [0.15, 0.2) is 0 Å². The van der Waals surface area contributed by atoms with Crippen LogP contribution in [0.25, 0.3) is 0 Å². The molecule has 0 fully saturated rings. The molecule has 2 aromatic rings. The highest BCUT2D eigenvalue weighted by atomic mass is 16.5. The van der Waals surface area contributed by atoms with E-state index in [1.54, 1.807) is 13.3 Å². The smallest absolute Gasteiger partial charge is 0.128 e. The number of rotatable bonds is 4. The number of nitrogens with one attached hydrogen (secondary N) is 1. The highest BCUT2D eigenvalue weighted by Gasteiger charge is 2.29. The Morgan fingerprint density at radius 1 is 1.41 bits per heavy atom. The van der Waals surface area contributed by atoms with Crippen LogP contribution >= 0.6 is 0 Å². The van der Waals surface area contributed by atoms with E-state index in [9.17, 15) is 0 Å². The summed E-state index contributed by atoms with van der Waals surface area (Å²) in [5, 5.41) is 10.6. The fourth-order valence-corrected chi connectivity index (χ4v) is 2.83. The van der Waals surface area contributed by atoms with Crippen LogP contribution in [0.5, 0.6) is 11.5 Å². The van der Waals surface area contributed by atoms with Gasteiger partial charge in [0.1, 0.15) is 17.1 Å². The van der Waals surface area contributed by atoms with Crippen molar-refractivity contribution < 1.29 is 9.47 Å². The lowest BCUT2D eigenvalue weighted by atomic mass is 10.1. The molecule has 118 valence electrons. The fourth-order valence-electron chi connectivity index (χ4n) is 2.83. The van der Waals surface area contributed by atoms with Crippen LogP contribution < -0.4 is 9.47 Å². The third-order valence-electron chi connectivity index (χ3n) is 3.81. The van der Waals surface area contributed by atoms with Crippen molar-refractivity contribution in [1.82, 2.24) is 20.3 Å². The largest absolute Gasteiger partial charge is 0.497 e. The summed E-state index contributed by atoms with van der Waals surface area (Å²) in [7, 11) is 1.67. The summed E-state index contributed by atoms with van der Waals surface area (Å²) in [6.07, 6.45) is 2.65. The SMILES string of the molecule is COc1ccc2c(c1)OC(C)(C)CN(CCc1cn[nH]n1)C2. The van der Waals surface area contributed by atoms with Gasteiger partial charge in [-0.2, -0.15) is 15.4 Å². The number of nitrogens with zero attached hydrogens (tertiary/aromatic N) is 3. The maximum atomic E-state index is 6.20. The van der Waals surface area contributed by atoms with Crippen LogP contribution in [0.4, 0.5) is 0 Å². The summed E-state index contributed by atoms with van der Waals surface area (Å²) in [5.74, 6) is 1.74. The number of aromatic nitrogens is 3. The van der Waals surface area contributed by atoms with Gasteiger partial charge in [-0.15, -0.1) is 0 Å². The second-order valence-corrected chi connectivity index (χ2v) is 6.26. The molecule has 0 saturated carbocycles. The molecule has 1 aliphatic heterocycles. The number of benzene rings is 1. The Bertz CT molecular complexity index is 625. The Kier molecular flexibility index (Phi) is 4.02. The standard InChI is InChI=1S/C16H22N4O2/c1-16(2)11-20(7-6-13-9-17-19-18-13)10-12-4-5-14(21-3)8-15(12)22-16/h4-5,8-9H,6-7,10-11H2,1-3H3,(H,17,18,19). The minimum Gasteiger partial charge on any atom is -0.497 e. The third-order valence-corrected chi connectivity index (χ3v) is 3.81. The Morgan fingerprint density at radius 2 is 2.27 bits per heavy atom. The first kappa shape index (κ1) is 14.8. The fraction of sp³-hybridized carbons (Fsp3) is 0.500. The first-order chi connectivity index (χ1) is 10.6. The average molecular weight is 302 g/mol. The second kappa shape index (κ2) is 5.96. The predicted octanol–water partition coefficient (Wildman–Crippen LogP) is 2.03. The molecule has 0 saturated heterocycles. The Hall–Kier alpha value is -2.08. The molecule has 2 heterocycles. The van der Waals surface area contributed by atoms with E-state index in [1.165, 1.54) is 5.56 Å². The van der Waals surface area contributed by atoms with Crippen LogP contribution in [0, 0.1) is 0 Å². The number of H-pyrrole nitrogens is 1. The highest BCUT2D eigenvalue weighted by molar-refractivity contribution is 5.41. The number of aromatic amines is 1. The summed E-state index contributed by atoms with van der Waals surface area (Å²) in [6, 6.07) is 6.03. The van der Waals surface area contributed by atoms with Crippen molar-refractivity contribution in [2.24, 2.45) is 0 Å². The summed E-state index contributed by atoms with van der Waals surface area (Å²) in [4.78, 5) is 2.40. The Morgan fingerprint density at radius 3 is 3.00 bits per heavy atom. The zero-order valence-corrected chi connectivity index (χ0v) is 13.3. The molecule has 1 N–H and O–H groups in total. The zero-order chi connectivity index (χ0) is 15.6. The minimum absolute atomic E-state index is 0.249. The number of fused-ring (bicyclic) bond motifs is 1. The maximum absolute atomic E-state index is 6.20. The van der Waals surface area contributed by atoms with E-state index in [-0.39, 0.29) is 5.60 Å². The van der Waals surface area contributed by atoms with Gasteiger partial charge in [-0.05, 0) is 19.9 Å². The van der Waals surface area contributed by atoms with E-state index in [1.807, 2.05) is 12.1 Å². The Labute approximate surface area is 130 Å². The van der Waals surface area contributed by atoms with E-state index >= 15 is 0 Å². The number of hydrogen-bond acceptors (Lipinski definition) is 5. The van der Waals surface area contributed by atoms with Crippen LogP contribution in [-0.2, 0) is 13.0 Å². The quantitative estimate of drug-likeness (QED) is 0.936. The Balaban J connectivity index is 1.78.